The Morgan fingerprint density at radius 1 is 0.551 bits per heavy atom. The second kappa shape index (κ2) is 36.2. The topological polar surface area (TPSA) is 216 Å². The molecule has 4 aliphatic rings. The van der Waals surface area contributed by atoms with Crippen molar-refractivity contribution in [1.82, 2.24) is 29.6 Å². The van der Waals surface area contributed by atoms with Crippen LogP contribution in [0.3, 0.4) is 0 Å². The normalized spacial score (nSPS) is 17.2. The van der Waals surface area contributed by atoms with Crippen molar-refractivity contribution in [2.75, 3.05) is 13.2 Å². The van der Waals surface area contributed by atoms with Gasteiger partial charge in [0, 0.05) is 73.6 Å². The van der Waals surface area contributed by atoms with Crippen molar-refractivity contribution in [3.05, 3.63) is 132 Å². The maximum atomic E-state index is 14.1. The molecule has 2 aromatic carbocycles. The minimum absolute atomic E-state index is 0.00114. The number of fused-ring (bicyclic) bond motifs is 4. The third-order valence-corrected chi connectivity index (χ3v) is 16.8. The second-order valence-electron chi connectivity index (χ2n) is 23.8. The Morgan fingerprint density at radius 3 is 1.35 bits per heavy atom. The van der Waals surface area contributed by atoms with Gasteiger partial charge in [-0.3, -0.25) is 38.4 Å². The molecule has 4 aromatic rings. The fourth-order valence-electron chi connectivity index (χ4n) is 11.6. The van der Waals surface area contributed by atoms with Crippen LogP contribution < -0.4 is 21.5 Å². The summed E-state index contributed by atoms with van der Waals surface area (Å²) in [4.78, 5) is 105. The lowest BCUT2D eigenvalue weighted by Crippen LogP contribution is -2.50. The molecular weight excluding hydrogens is 1180 g/mol. The number of rotatable bonds is 32. The number of amides is 4. The van der Waals surface area contributed by atoms with Crippen LogP contribution in [0.2, 0.25) is 0 Å². The van der Waals surface area contributed by atoms with E-state index in [0.29, 0.717) is 38.2 Å². The average Bonchev–Trinajstić information content (AvgIpc) is 3.47. The standard InChI is InChI=1S/C34H45F2N3O5.C19H17F2N3O5.C14H27ClO/c1-3-4-5-6-7-8-9-10-11-12-13-14-26(40)18-27-31-34(43)39-23(2)22-44-30(39)21-38(31)20-28(32(27)41)33(42)37-19-24-15-16-25(35)17-29(24)36;1-9-8-29-14-7-23-6-12(16(25)17(26)15(23)19(28)24(9)14)18(27)22-5-10-2-3-11(20)4-13(10)21;1-2-3-4-5-6-7-8-9-10-11-12-13-14(15)16/h15-17,20,23,30H,3-14,18-19,21-22H2,1-2H3,(H,37,42);2-4,6,9,14,26H,5,7-8H2,1H3,(H,22,27);2-13H2,1H3/t23-,30+;9-,14+;/m00./s1. The summed E-state index contributed by atoms with van der Waals surface area (Å²) in [5, 5.41) is 15.0. The highest BCUT2D eigenvalue weighted by atomic mass is 35.5. The molecule has 0 bridgehead atoms. The van der Waals surface area contributed by atoms with Crippen molar-refractivity contribution in [3.8, 4) is 5.75 Å². The quantitative estimate of drug-likeness (QED) is 0.0237. The maximum absolute atomic E-state index is 14.1. The first-order chi connectivity index (χ1) is 42.7. The van der Waals surface area contributed by atoms with Gasteiger partial charge in [0.25, 0.3) is 23.6 Å². The van der Waals surface area contributed by atoms with E-state index in [1.54, 1.807) is 11.8 Å². The van der Waals surface area contributed by atoms with E-state index in [-0.39, 0.29) is 95.8 Å². The Morgan fingerprint density at radius 2 is 0.933 bits per heavy atom. The van der Waals surface area contributed by atoms with Gasteiger partial charge in [-0.25, -0.2) is 17.6 Å². The lowest BCUT2D eigenvalue weighted by Gasteiger charge is -2.34. The van der Waals surface area contributed by atoms with E-state index in [4.69, 9.17) is 21.1 Å². The third kappa shape index (κ3) is 20.7. The summed E-state index contributed by atoms with van der Waals surface area (Å²) in [6.45, 7) is 8.59. The monoisotopic (exact) mass is 1260 g/mol. The van der Waals surface area contributed by atoms with Gasteiger partial charge < -0.3 is 44.1 Å². The number of pyridine rings is 2. The van der Waals surface area contributed by atoms with Crippen LogP contribution >= 0.6 is 11.6 Å². The van der Waals surface area contributed by atoms with Crippen LogP contribution in [-0.4, -0.2) is 96.4 Å². The van der Waals surface area contributed by atoms with E-state index < -0.39 is 81.5 Å². The molecule has 0 radical (unpaired) electrons. The number of carbonyl (C=O) groups is 6. The highest BCUT2D eigenvalue weighted by molar-refractivity contribution is 6.63. The number of carbonyl (C=O) groups excluding carboxylic acids is 6. The van der Waals surface area contributed by atoms with Gasteiger partial charge in [0.2, 0.25) is 10.7 Å². The van der Waals surface area contributed by atoms with E-state index >= 15 is 0 Å². The SMILES string of the molecule is CCCCCCCCCCCCCC(=O)Cc1c2n(cc(C(=O)NCc3ccc(F)cc3F)c1=O)C[C@H]1OC[C@H](C)N1C2=O.CCCCCCCCCCCCCC(=O)Cl.C[C@H]1CO[C@@H]2Cn3cc(C(=O)NCc4ccc(F)cc4F)c(=O)c(O)c3C(=O)N12. The molecule has 3 N–H and O–H groups in total. The third-order valence-electron chi connectivity index (χ3n) is 16.7. The first-order valence-corrected chi connectivity index (χ1v) is 32.4. The van der Waals surface area contributed by atoms with Gasteiger partial charge in [0.15, 0.2) is 29.3 Å². The molecule has 89 heavy (non-hydrogen) atoms. The Hall–Kier alpha value is -6.71. The fraction of sp³-hybridized carbons (Fsp3) is 0.582. The van der Waals surface area contributed by atoms with Gasteiger partial charge in [-0.05, 0) is 50.4 Å². The summed E-state index contributed by atoms with van der Waals surface area (Å²) in [5.74, 6) is -6.73. The molecule has 2 aromatic heterocycles. The Kier molecular flexibility index (Phi) is 29.0. The second-order valence-corrected chi connectivity index (χ2v) is 24.2. The fourth-order valence-corrected chi connectivity index (χ4v) is 11.7. The van der Waals surface area contributed by atoms with Crippen molar-refractivity contribution in [2.45, 2.75) is 239 Å². The van der Waals surface area contributed by atoms with Crippen molar-refractivity contribution in [1.29, 1.82) is 0 Å². The van der Waals surface area contributed by atoms with Gasteiger partial charge >= 0.3 is 0 Å². The zero-order valence-corrected chi connectivity index (χ0v) is 52.8. The van der Waals surface area contributed by atoms with Gasteiger partial charge in [-0.2, -0.15) is 0 Å². The Labute approximate surface area is 524 Å². The maximum Gasteiger partial charge on any atom is 0.276 e. The molecule has 0 saturated carbocycles. The number of aromatic nitrogens is 2. The molecule has 22 heteroatoms. The number of ketones is 1. The highest BCUT2D eigenvalue weighted by Crippen LogP contribution is 2.31. The van der Waals surface area contributed by atoms with Crippen LogP contribution in [0.5, 0.6) is 5.75 Å². The molecule has 6 heterocycles. The molecule has 8 rings (SSSR count). The molecule has 4 atom stereocenters. The molecule has 0 aliphatic carbocycles. The molecule has 2 saturated heterocycles. The number of halogens is 5. The number of nitrogens with one attached hydrogen (secondary N) is 2. The number of unbranched alkanes of at least 4 members (excludes halogenated alkanes) is 20. The van der Waals surface area contributed by atoms with Gasteiger partial charge in [-0.15, -0.1) is 0 Å². The van der Waals surface area contributed by atoms with E-state index in [2.05, 4.69) is 24.5 Å². The molecule has 488 valence electrons. The summed E-state index contributed by atoms with van der Waals surface area (Å²) < 4.78 is 68.3. The molecule has 2 fully saturated rings. The van der Waals surface area contributed by atoms with E-state index in [1.165, 1.54) is 141 Å². The number of benzene rings is 2. The Bertz CT molecular complexity index is 3190. The number of hydrogen-bond acceptors (Lipinski definition) is 11. The zero-order chi connectivity index (χ0) is 64.6. The van der Waals surface area contributed by atoms with E-state index in [0.717, 1.165) is 44.2 Å². The minimum atomic E-state index is -1.01. The average molecular weight is 1270 g/mol. The number of aromatic hydroxyl groups is 1. The summed E-state index contributed by atoms with van der Waals surface area (Å²) in [6.07, 6.45) is 29.1. The van der Waals surface area contributed by atoms with Crippen LogP contribution in [-0.2, 0) is 51.7 Å². The number of nitrogens with zero attached hydrogens (tertiary/aromatic N) is 4. The first kappa shape index (κ1) is 71.4. The summed E-state index contributed by atoms with van der Waals surface area (Å²) in [7, 11) is 0. The zero-order valence-electron chi connectivity index (χ0n) is 52.1. The predicted molar refractivity (Wildman–Crippen MR) is 331 cm³/mol. The Balaban J connectivity index is 0.000000239. The predicted octanol–water partition coefficient (Wildman–Crippen LogP) is 12.5. The largest absolute Gasteiger partial charge is 0.503 e. The van der Waals surface area contributed by atoms with Crippen LogP contribution in [0, 0.1) is 23.3 Å². The molecule has 0 unspecified atom stereocenters. The van der Waals surface area contributed by atoms with Crippen molar-refractivity contribution < 1.29 is 60.9 Å². The van der Waals surface area contributed by atoms with Crippen LogP contribution in [0.1, 0.15) is 240 Å². The molecule has 4 aliphatic heterocycles. The number of Topliss-reactive ketones (excluding diaryl/α,β-unsaturated/α-hetero) is 1. The highest BCUT2D eigenvalue weighted by Gasteiger charge is 2.44. The minimum Gasteiger partial charge on any atom is -0.503 e. The van der Waals surface area contributed by atoms with Crippen molar-refractivity contribution in [2.24, 2.45) is 0 Å². The molecule has 4 amide bonds. The van der Waals surface area contributed by atoms with Crippen molar-refractivity contribution >= 4 is 46.3 Å². The van der Waals surface area contributed by atoms with Crippen LogP contribution in [0.4, 0.5) is 17.6 Å². The summed E-state index contributed by atoms with van der Waals surface area (Å²) in [6, 6.07) is 5.52. The number of ether oxygens (including phenoxy) is 2. The van der Waals surface area contributed by atoms with E-state index in [9.17, 15) is 61.0 Å². The van der Waals surface area contributed by atoms with Gasteiger partial charge in [0.1, 0.15) is 45.9 Å². The molecule has 0 spiro atoms. The van der Waals surface area contributed by atoms with Crippen LogP contribution in [0.25, 0.3) is 0 Å². The lowest BCUT2D eigenvalue weighted by molar-refractivity contribution is -0.118. The smallest absolute Gasteiger partial charge is 0.276 e. The van der Waals surface area contributed by atoms with Gasteiger partial charge in [0.05, 0.1) is 38.4 Å². The summed E-state index contributed by atoms with van der Waals surface area (Å²) in [5.41, 5.74) is -2.36. The van der Waals surface area contributed by atoms with Crippen molar-refractivity contribution in [3.63, 3.8) is 0 Å². The summed E-state index contributed by atoms with van der Waals surface area (Å²) >= 11 is 5.26. The lowest BCUT2D eigenvalue weighted by atomic mass is 9.97. The first-order valence-electron chi connectivity index (χ1n) is 32.0. The number of hydrogen-bond donors (Lipinski definition) is 3. The molecular formula is C67H89ClF4N6O11. The van der Waals surface area contributed by atoms with Crippen LogP contribution in [0.15, 0.2) is 58.4 Å². The molecule has 17 nitrogen and oxygen atoms in total. The van der Waals surface area contributed by atoms with E-state index in [1.807, 2.05) is 6.92 Å². The van der Waals surface area contributed by atoms with Gasteiger partial charge in [-0.1, -0.05) is 154 Å².